The van der Waals surface area contributed by atoms with Crippen molar-refractivity contribution in [3.05, 3.63) is 97.4 Å². The highest BCUT2D eigenvalue weighted by Gasteiger charge is 2.14. The molecule has 3 N–H and O–H groups in total. The van der Waals surface area contributed by atoms with Crippen LogP contribution in [0.25, 0.3) is 0 Å². The molecule has 0 aromatic heterocycles. The molecule has 3 aromatic carbocycles. The van der Waals surface area contributed by atoms with Gasteiger partial charge in [0.15, 0.2) is 0 Å². The summed E-state index contributed by atoms with van der Waals surface area (Å²) in [6, 6.07) is 16.2. The summed E-state index contributed by atoms with van der Waals surface area (Å²) in [6.45, 7) is 1.82. The first-order valence-corrected chi connectivity index (χ1v) is 12.1. The zero-order chi connectivity index (χ0) is 26.1. The number of phenolic OH excluding ortho intramolecular Hbond substituents is 1. The third-order valence-electron chi connectivity index (χ3n) is 4.59. The lowest BCUT2D eigenvalue weighted by atomic mass is 10.0. The number of benzene rings is 3. The van der Waals surface area contributed by atoms with E-state index in [0.29, 0.717) is 11.1 Å². The van der Waals surface area contributed by atoms with Gasteiger partial charge in [-0.2, -0.15) is 10.2 Å². The van der Waals surface area contributed by atoms with Crippen LogP contribution in [0.5, 0.6) is 5.75 Å². The van der Waals surface area contributed by atoms with E-state index in [9.17, 15) is 19.5 Å². The molecule has 0 bridgehead atoms. The van der Waals surface area contributed by atoms with Gasteiger partial charge in [-0.1, -0.05) is 44.0 Å². The van der Waals surface area contributed by atoms with Gasteiger partial charge in [-0.15, -0.1) is 0 Å². The molecule has 0 atom stereocenters. The summed E-state index contributed by atoms with van der Waals surface area (Å²) in [7, 11) is 0. The van der Waals surface area contributed by atoms with Crippen LogP contribution in [0.4, 0.5) is 0 Å². The Hall–Kier alpha value is -3.83. The number of ether oxygens (including phenoxy) is 1. The van der Waals surface area contributed by atoms with Crippen molar-refractivity contribution in [3.63, 3.8) is 0 Å². The van der Waals surface area contributed by atoms with Crippen molar-refractivity contribution in [2.45, 2.75) is 6.92 Å². The van der Waals surface area contributed by atoms with Gasteiger partial charge in [-0.05, 0) is 55.5 Å². The van der Waals surface area contributed by atoms with Gasteiger partial charge in [-0.25, -0.2) is 15.6 Å². The Labute approximate surface area is 223 Å². The zero-order valence-electron chi connectivity index (χ0n) is 18.9. The number of phenols is 1. The van der Waals surface area contributed by atoms with Gasteiger partial charge in [0.2, 0.25) is 0 Å². The van der Waals surface area contributed by atoms with Crippen molar-refractivity contribution in [1.82, 2.24) is 10.9 Å². The molecule has 36 heavy (non-hydrogen) atoms. The molecule has 0 fully saturated rings. The van der Waals surface area contributed by atoms with Crippen LogP contribution in [0.3, 0.4) is 0 Å². The van der Waals surface area contributed by atoms with Crippen LogP contribution in [0.1, 0.15) is 49.1 Å². The molecule has 3 rings (SSSR count). The van der Waals surface area contributed by atoms with Crippen LogP contribution in [0.15, 0.2) is 79.8 Å². The van der Waals surface area contributed by atoms with Gasteiger partial charge in [0, 0.05) is 31.2 Å². The quantitative estimate of drug-likeness (QED) is 0.193. The van der Waals surface area contributed by atoms with Gasteiger partial charge in [0.1, 0.15) is 5.75 Å². The van der Waals surface area contributed by atoms with Crippen LogP contribution >= 0.6 is 31.9 Å². The molecule has 0 unspecified atom stereocenters. The molecule has 0 aliphatic carbocycles. The number of nitrogens with zero attached hydrogens (tertiary/aromatic N) is 2. The highest BCUT2D eigenvalue weighted by Crippen LogP contribution is 2.23. The normalized spacial score (nSPS) is 11.0. The van der Waals surface area contributed by atoms with E-state index in [1.807, 2.05) is 0 Å². The smallest absolute Gasteiger partial charge is 0.338 e. The Bertz CT molecular complexity index is 1270. The molecule has 184 valence electrons. The minimum Gasteiger partial charge on any atom is -0.507 e. The van der Waals surface area contributed by atoms with Crippen molar-refractivity contribution < 1.29 is 24.2 Å². The van der Waals surface area contributed by atoms with Crippen LogP contribution in [0, 0.1) is 0 Å². The maximum Gasteiger partial charge on any atom is 0.338 e. The van der Waals surface area contributed by atoms with E-state index in [1.165, 1.54) is 24.6 Å². The summed E-state index contributed by atoms with van der Waals surface area (Å²) in [6.07, 6.45) is 2.37. The predicted octanol–water partition coefficient (Wildman–Crippen LogP) is 4.62. The van der Waals surface area contributed by atoms with Crippen molar-refractivity contribution in [3.8, 4) is 5.75 Å². The van der Waals surface area contributed by atoms with Gasteiger partial charge >= 0.3 is 5.97 Å². The van der Waals surface area contributed by atoms with Gasteiger partial charge in [-0.3, -0.25) is 9.59 Å². The summed E-state index contributed by atoms with van der Waals surface area (Å²) in [5, 5.41) is 18.5. The first-order chi connectivity index (χ1) is 17.3. The average molecular weight is 616 g/mol. The van der Waals surface area contributed by atoms with Crippen LogP contribution in [-0.2, 0) is 4.74 Å². The number of carbonyl (C=O) groups excluding carboxylic acids is 3. The minimum absolute atomic E-state index is 0.120. The zero-order valence-corrected chi connectivity index (χ0v) is 22.0. The Morgan fingerprint density at radius 2 is 1.31 bits per heavy atom. The number of hydrazone groups is 2. The average Bonchev–Trinajstić information content (AvgIpc) is 2.85. The number of halogens is 2. The number of hydrogen-bond donors (Lipinski definition) is 3. The SMILES string of the molecule is CCOC(=O)c1cc(/C=N/NC(=O)c2cccc(Br)c2)c(O)c(/C=N/NC(=O)c2cccc(Br)c2)c1. The molecule has 11 heteroatoms. The lowest BCUT2D eigenvalue weighted by Gasteiger charge is -2.08. The Balaban J connectivity index is 1.82. The Kier molecular flexibility index (Phi) is 9.48. The third kappa shape index (κ3) is 7.33. The van der Waals surface area contributed by atoms with E-state index in [0.717, 1.165) is 8.95 Å². The van der Waals surface area contributed by atoms with Crippen LogP contribution in [-0.4, -0.2) is 41.9 Å². The molecular weight excluding hydrogens is 596 g/mol. The molecular formula is C25H20Br2N4O5. The van der Waals surface area contributed by atoms with E-state index in [2.05, 4.69) is 52.9 Å². The maximum atomic E-state index is 12.3. The highest BCUT2D eigenvalue weighted by atomic mass is 79.9. The second-order valence-corrected chi connectivity index (χ2v) is 8.97. The molecule has 3 aromatic rings. The van der Waals surface area contributed by atoms with Gasteiger partial charge < -0.3 is 9.84 Å². The van der Waals surface area contributed by atoms with Crippen molar-refractivity contribution in [1.29, 1.82) is 0 Å². The topological polar surface area (TPSA) is 129 Å². The van der Waals surface area contributed by atoms with E-state index in [-0.39, 0.29) is 29.0 Å². The first kappa shape index (κ1) is 26.8. The number of amides is 2. The Morgan fingerprint density at radius 1 is 0.833 bits per heavy atom. The lowest BCUT2D eigenvalue weighted by molar-refractivity contribution is 0.0526. The number of rotatable bonds is 8. The molecule has 0 saturated carbocycles. The number of nitrogens with one attached hydrogen (secondary N) is 2. The second-order valence-electron chi connectivity index (χ2n) is 7.14. The molecule has 0 spiro atoms. The molecule has 0 aliphatic rings. The number of esters is 1. The molecule has 0 heterocycles. The minimum atomic E-state index is -0.627. The van der Waals surface area contributed by atoms with Gasteiger partial charge in [0.05, 0.1) is 24.6 Å². The van der Waals surface area contributed by atoms with Gasteiger partial charge in [0.25, 0.3) is 11.8 Å². The van der Waals surface area contributed by atoms with Crippen molar-refractivity contribution in [2.75, 3.05) is 6.61 Å². The summed E-state index contributed by atoms with van der Waals surface area (Å²) in [5.74, 6) is -1.83. The molecule has 9 nitrogen and oxygen atoms in total. The maximum absolute atomic E-state index is 12.3. The van der Waals surface area contributed by atoms with E-state index < -0.39 is 17.8 Å². The fraction of sp³-hybridized carbons (Fsp3) is 0.0800. The van der Waals surface area contributed by atoms with Crippen LogP contribution < -0.4 is 10.9 Å². The standard InChI is InChI=1S/C25H20Br2N4O5/c1-2-36-25(35)17-9-18(13-28-30-23(33)15-5-3-7-20(26)11-15)22(32)19(10-17)14-29-31-24(34)16-6-4-8-21(27)12-16/h3-14,32H,2H2,1H3,(H,30,33)(H,31,34)/b28-13+,29-14+. The molecule has 0 saturated heterocycles. The van der Waals surface area contributed by atoms with E-state index in [4.69, 9.17) is 4.74 Å². The van der Waals surface area contributed by atoms with E-state index in [1.54, 1.807) is 55.5 Å². The summed E-state index contributed by atoms with van der Waals surface area (Å²) in [5.41, 5.74) is 5.84. The second kappa shape index (κ2) is 12.8. The summed E-state index contributed by atoms with van der Waals surface area (Å²) >= 11 is 6.59. The Morgan fingerprint density at radius 3 is 1.72 bits per heavy atom. The van der Waals surface area contributed by atoms with E-state index >= 15 is 0 Å². The number of aromatic hydroxyl groups is 1. The molecule has 0 aliphatic heterocycles. The number of hydrogen-bond acceptors (Lipinski definition) is 7. The highest BCUT2D eigenvalue weighted by molar-refractivity contribution is 9.10. The molecule has 2 amide bonds. The fourth-order valence-corrected chi connectivity index (χ4v) is 3.72. The first-order valence-electron chi connectivity index (χ1n) is 10.5. The lowest BCUT2D eigenvalue weighted by Crippen LogP contribution is -2.18. The number of carbonyl (C=O) groups is 3. The van der Waals surface area contributed by atoms with Crippen molar-refractivity contribution >= 4 is 62.1 Å². The summed E-state index contributed by atoms with van der Waals surface area (Å²) < 4.78 is 6.51. The van der Waals surface area contributed by atoms with Crippen molar-refractivity contribution in [2.24, 2.45) is 10.2 Å². The molecule has 0 radical (unpaired) electrons. The third-order valence-corrected chi connectivity index (χ3v) is 5.58. The predicted molar refractivity (Wildman–Crippen MR) is 142 cm³/mol. The van der Waals surface area contributed by atoms with Crippen LogP contribution in [0.2, 0.25) is 0 Å². The fourth-order valence-electron chi connectivity index (χ4n) is 2.92. The monoisotopic (exact) mass is 614 g/mol. The largest absolute Gasteiger partial charge is 0.507 e. The summed E-state index contributed by atoms with van der Waals surface area (Å²) in [4.78, 5) is 36.9.